The Morgan fingerprint density at radius 3 is 2.30 bits per heavy atom. The third-order valence-electron chi connectivity index (χ3n) is 5.40. The smallest absolute Gasteiger partial charge is 0.326 e. The zero-order valence-electron chi connectivity index (χ0n) is 16.7. The molecule has 0 spiro atoms. The Bertz CT molecular complexity index is 1040. The minimum atomic E-state index is -4.49. The molecule has 1 N–H and O–H groups in total. The van der Waals surface area contributed by atoms with Gasteiger partial charge in [0, 0.05) is 24.7 Å². The summed E-state index contributed by atoms with van der Waals surface area (Å²) in [5, 5.41) is 2.52. The summed E-state index contributed by atoms with van der Waals surface area (Å²) < 4.78 is 65.6. The van der Waals surface area contributed by atoms with Gasteiger partial charge in [-0.25, -0.2) is 8.42 Å². The van der Waals surface area contributed by atoms with Crippen LogP contribution in [-0.4, -0.2) is 31.7 Å². The Labute approximate surface area is 173 Å². The Morgan fingerprint density at radius 2 is 1.70 bits per heavy atom. The first-order chi connectivity index (χ1) is 14.0. The molecule has 0 bridgehead atoms. The van der Waals surface area contributed by atoms with Crippen LogP contribution >= 0.6 is 0 Å². The van der Waals surface area contributed by atoms with Gasteiger partial charge in [0.1, 0.15) is 0 Å². The third kappa shape index (κ3) is 4.84. The molecule has 162 valence electrons. The van der Waals surface area contributed by atoms with E-state index >= 15 is 0 Å². The van der Waals surface area contributed by atoms with Crippen LogP contribution in [0.1, 0.15) is 29.5 Å². The van der Waals surface area contributed by atoms with Crippen molar-refractivity contribution in [1.29, 1.82) is 0 Å². The molecule has 3 rings (SSSR count). The van der Waals surface area contributed by atoms with Gasteiger partial charge in [-0.05, 0) is 68.1 Å². The van der Waals surface area contributed by atoms with Crippen molar-refractivity contribution in [2.45, 2.75) is 37.8 Å². The first kappa shape index (κ1) is 22.3. The van der Waals surface area contributed by atoms with Gasteiger partial charge in [0.2, 0.25) is 15.9 Å². The highest BCUT2D eigenvalue weighted by Gasteiger charge is 2.33. The number of alkyl halides is 3. The Morgan fingerprint density at radius 1 is 1.03 bits per heavy atom. The fraction of sp³-hybridized carbons (Fsp3) is 0.381. The van der Waals surface area contributed by atoms with Crippen molar-refractivity contribution < 1.29 is 26.4 Å². The van der Waals surface area contributed by atoms with Gasteiger partial charge in [-0.2, -0.15) is 17.5 Å². The third-order valence-corrected chi connectivity index (χ3v) is 7.29. The number of carbonyl (C=O) groups excluding carboxylic acids is 1. The topological polar surface area (TPSA) is 66.5 Å². The van der Waals surface area contributed by atoms with Gasteiger partial charge in [0.05, 0.1) is 10.5 Å². The molecule has 9 heteroatoms. The summed E-state index contributed by atoms with van der Waals surface area (Å²) in [6, 6.07) is 9.42. The molecule has 1 heterocycles. The number of sulfonamides is 1. The Balaban J connectivity index is 1.64. The predicted molar refractivity (Wildman–Crippen MR) is 107 cm³/mol. The molecule has 30 heavy (non-hydrogen) atoms. The van der Waals surface area contributed by atoms with Gasteiger partial charge in [-0.1, -0.05) is 12.1 Å². The Kier molecular flexibility index (Phi) is 6.24. The van der Waals surface area contributed by atoms with Crippen molar-refractivity contribution in [2.24, 2.45) is 5.92 Å². The molecule has 1 aliphatic rings. The van der Waals surface area contributed by atoms with Crippen molar-refractivity contribution in [2.75, 3.05) is 18.4 Å². The quantitative estimate of drug-likeness (QED) is 0.768. The van der Waals surface area contributed by atoms with Crippen molar-refractivity contribution in [3.05, 3.63) is 59.2 Å². The van der Waals surface area contributed by atoms with E-state index in [1.54, 1.807) is 18.2 Å². The van der Waals surface area contributed by atoms with E-state index in [9.17, 15) is 26.4 Å². The molecular weight excluding hydrogens is 417 g/mol. The summed E-state index contributed by atoms with van der Waals surface area (Å²) >= 11 is 0. The number of anilines is 1. The van der Waals surface area contributed by atoms with Crippen molar-refractivity contribution >= 4 is 21.6 Å². The minimum Gasteiger partial charge on any atom is -0.326 e. The zero-order chi connectivity index (χ0) is 22.1. The van der Waals surface area contributed by atoms with Crippen LogP contribution in [0.5, 0.6) is 0 Å². The lowest BCUT2D eigenvalue weighted by molar-refractivity contribution is -0.137. The van der Waals surface area contributed by atoms with Crippen LogP contribution in [0, 0.1) is 19.8 Å². The number of hydrogen-bond acceptors (Lipinski definition) is 3. The van der Waals surface area contributed by atoms with Gasteiger partial charge in [0.25, 0.3) is 0 Å². The number of rotatable bonds is 4. The maximum Gasteiger partial charge on any atom is 0.416 e. The standard InChI is InChI=1S/C21H23F3N2O3S/c1-14-6-7-19(12-15(14)2)30(28,29)26-10-8-16(9-11-26)20(27)25-18-5-3-4-17(13-18)21(22,23)24/h3-7,12-13,16H,8-11H2,1-2H3,(H,25,27). The van der Waals surface area contributed by atoms with Crippen LogP contribution in [-0.2, 0) is 21.0 Å². The van der Waals surface area contributed by atoms with Gasteiger partial charge >= 0.3 is 6.18 Å². The number of halogens is 3. The van der Waals surface area contributed by atoms with E-state index in [-0.39, 0.29) is 23.7 Å². The molecule has 1 amide bonds. The van der Waals surface area contributed by atoms with Crippen molar-refractivity contribution in [3.63, 3.8) is 0 Å². The van der Waals surface area contributed by atoms with Gasteiger partial charge in [-0.3, -0.25) is 4.79 Å². The molecular formula is C21H23F3N2O3S. The predicted octanol–water partition coefficient (Wildman–Crippen LogP) is 4.36. The monoisotopic (exact) mass is 440 g/mol. The van der Waals surface area contributed by atoms with Crippen LogP contribution in [0.15, 0.2) is 47.4 Å². The molecule has 2 aromatic carbocycles. The molecule has 0 aliphatic carbocycles. The first-order valence-electron chi connectivity index (χ1n) is 9.54. The number of benzene rings is 2. The zero-order valence-corrected chi connectivity index (χ0v) is 17.5. The second kappa shape index (κ2) is 8.39. The average Bonchev–Trinajstić information content (AvgIpc) is 2.69. The SMILES string of the molecule is Cc1ccc(S(=O)(=O)N2CCC(C(=O)Nc3cccc(C(F)(F)F)c3)CC2)cc1C. The lowest BCUT2D eigenvalue weighted by Crippen LogP contribution is -2.41. The number of nitrogens with one attached hydrogen (secondary N) is 1. The number of carbonyl (C=O) groups is 1. The van der Waals surface area contributed by atoms with E-state index in [1.807, 2.05) is 13.8 Å². The lowest BCUT2D eigenvalue weighted by Gasteiger charge is -2.30. The molecule has 2 aromatic rings. The normalized spacial score (nSPS) is 16.4. The van der Waals surface area contributed by atoms with Gasteiger partial charge in [-0.15, -0.1) is 0 Å². The fourth-order valence-electron chi connectivity index (χ4n) is 3.40. The second-order valence-corrected chi connectivity index (χ2v) is 9.43. The van der Waals surface area contributed by atoms with E-state index in [0.717, 1.165) is 23.3 Å². The number of nitrogens with zero attached hydrogens (tertiary/aromatic N) is 1. The summed E-state index contributed by atoms with van der Waals surface area (Å²) in [6.07, 6.45) is -3.89. The minimum absolute atomic E-state index is 0.0695. The van der Waals surface area contributed by atoms with Crippen LogP contribution < -0.4 is 5.32 Å². The fourth-order valence-corrected chi connectivity index (χ4v) is 4.95. The Hall–Kier alpha value is -2.39. The number of hydrogen-bond donors (Lipinski definition) is 1. The molecule has 0 saturated carbocycles. The van der Waals surface area contributed by atoms with E-state index in [2.05, 4.69) is 5.32 Å². The van der Waals surface area contributed by atoms with Gasteiger partial charge < -0.3 is 5.32 Å². The van der Waals surface area contributed by atoms with Crippen LogP contribution in [0.4, 0.5) is 18.9 Å². The molecule has 0 unspecified atom stereocenters. The molecule has 0 aromatic heterocycles. The number of aryl methyl sites for hydroxylation is 2. The lowest BCUT2D eigenvalue weighted by atomic mass is 9.97. The van der Waals surface area contributed by atoms with Crippen molar-refractivity contribution in [3.8, 4) is 0 Å². The summed E-state index contributed by atoms with van der Waals surface area (Å²) in [7, 11) is -3.65. The molecule has 1 fully saturated rings. The van der Waals surface area contributed by atoms with E-state index in [1.165, 1.54) is 16.4 Å². The van der Waals surface area contributed by atoms with E-state index in [0.29, 0.717) is 12.8 Å². The van der Waals surface area contributed by atoms with Crippen LogP contribution in [0.2, 0.25) is 0 Å². The molecule has 0 atom stereocenters. The second-order valence-electron chi connectivity index (χ2n) is 7.49. The molecule has 5 nitrogen and oxygen atoms in total. The van der Waals surface area contributed by atoms with Gasteiger partial charge in [0.15, 0.2) is 0 Å². The summed E-state index contributed by atoms with van der Waals surface area (Å²) in [5.74, 6) is -0.872. The molecule has 1 aliphatic heterocycles. The average molecular weight is 440 g/mol. The number of amides is 1. The summed E-state index contributed by atoms with van der Waals surface area (Å²) in [4.78, 5) is 12.7. The highest BCUT2D eigenvalue weighted by Crippen LogP contribution is 2.31. The maximum atomic E-state index is 12.9. The van der Waals surface area contributed by atoms with Crippen LogP contribution in [0.25, 0.3) is 0 Å². The highest BCUT2D eigenvalue weighted by atomic mass is 32.2. The summed E-state index contributed by atoms with van der Waals surface area (Å²) in [5.41, 5.74) is 1.11. The molecule has 1 saturated heterocycles. The maximum absolute atomic E-state index is 12.9. The first-order valence-corrected chi connectivity index (χ1v) is 11.0. The van der Waals surface area contributed by atoms with E-state index < -0.39 is 33.6 Å². The van der Waals surface area contributed by atoms with Crippen molar-refractivity contribution in [1.82, 2.24) is 4.31 Å². The largest absolute Gasteiger partial charge is 0.416 e. The van der Waals surface area contributed by atoms with Crippen LogP contribution in [0.3, 0.4) is 0 Å². The number of piperidine rings is 1. The van der Waals surface area contributed by atoms with E-state index in [4.69, 9.17) is 0 Å². The summed E-state index contributed by atoms with van der Waals surface area (Å²) in [6.45, 7) is 4.10. The molecule has 0 radical (unpaired) electrons. The highest BCUT2D eigenvalue weighted by molar-refractivity contribution is 7.89.